The molecule has 1 aliphatic carbocycles. The summed E-state index contributed by atoms with van der Waals surface area (Å²) in [6.45, 7) is 2.55. The van der Waals surface area contributed by atoms with Crippen molar-refractivity contribution in [2.75, 3.05) is 20.2 Å². The summed E-state index contributed by atoms with van der Waals surface area (Å²) in [5, 5.41) is 8.00. The number of nitrogens with zero attached hydrogens (tertiary/aromatic N) is 3. The normalized spacial score (nSPS) is 20.0. The average Bonchev–Trinajstić information content (AvgIpc) is 3.42. The first kappa shape index (κ1) is 17.1. The Kier molecular flexibility index (Phi) is 4.93. The van der Waals surface area contributed by atoms with E-state index in [2.05, 4.69) is 10.4 Å². The molecule has 6 nitrogen and oxygen atoms in total. The second-order valence-corrected chi connectivity index (χ2v) is 7.16. The van der Waals surface area contributed by atoms with Crippen molar-refractivity contribution < 1.29 is 9.53 Å². The molecule has 1 aromatic carbocycles. The van der Waals surface area contributed by atoms with Gasteiger partial charge in [0, 0.05) is 30.9 Å². The van der Waals surface area contributed by atoms with Gasteiger partial charge in [-0.1, -0.05) is 18.2 Å². The molecular formula is C20H26N4O2. The first-order chi connectivity index (χ1) is 12.8. The molecule has 1 atom stereocenters. The van der Waals surface area contributed by atoms with Gasteiger partial charge in [0.1, 0.15) is 11.4 Å². The number of nitrogens with one attached hydrogen (secondary N) is 1. The number of methoxy groups -OCH3 is 1. The molecule has 4 rings (SSSR count). The van der Waals surface area contributed by atoms with Gasteiger partial charge in [-0.25, -0.2) is 0 Å². The fraction of sp³-hybridized carbons (Fsp3) is 0.500. The highest BCUT2D eigenvalue weighted by Gasteiger charge is 2.34. The third-order valence-electron chi connectivity index (χ3n) is 5.25. The molecule has 138 valence electrons. The zero-order valence-electron chi connectivity index (χ0n) is 15.2. The van der Waals surface area contributed by atoms with Crippen LogP contribution in [0.15, 0.2) is 36.5 Å². The van der Waals surface area contributed by atoms with Crippen molar-refractivity contribution in [1.29, 1.82) is 0 Å². The predicted octanol–water partition coefficient (Wildman–Crippen LogP) is 2.62. The van der Waals surface area contributed by atoms with Gasteiger partial charge in [0.2, 0.25) is 0 Å². The Balaban J connectivity index is 1.52. The van der Waals surface area contributed by atoms with Crippen LogP contribution in [-0.4, -0.2) is 46.8 Å². The number of ether oxygens (including phenoxy) is 1. The van der Waals surface area contributed by atoms with E-state index < -0.39 is 0 Å². The average molecular weight is 354 g/mol. The van der Waals surface area contributed by atoms with Crippen molar-refractivity contribution in [3.63, 3.8) is 0 Å². The first-order valence-electron chi connectivity index (χ1n) is 9.45. The summed E-state index contributed by atoms with van der Waals surface area (Å²) in [4.78, 5) is 15.1. The fourth-order valence-corrected chi connectivity index (χ4v) is 3.63. The van der Waals surface area contributed by atoms with Crippen molar-refractivity contribution in [3.8, 4) is 5.75 Å². The van der Waals surface area contributed by atoms with Gasteiger partial charge in [-0.15, -0.1) is 0 Å². The van der Waals surface area contributed by atoms with Gasteiger partial charge >= 0.3 is 0 Å². The molecule has 1 unspecified atom stereocenters. The van der Waals surface area contributed by atoms with Crippen LogP contribution in [0.5, 0.6) is 5.75 Å². The number of carbonyl (C=O) groups excluding carboxylic acids is 1. The quantitative estimate of drug-likeness (QED) is 0.866. The molecule has 1 saturated carbocycles. The van der Waals surface area contributed by atoms with E-state index in [9.17, 15) is 4.79 Å². The zero-order chi connectivity index (χ0) is 17.9. The van der Waals surface area contributed by atoms with Crippen LogP contribution in [0.2, 0.25) is 0 Å². The lowest BCUT2D eigenvalue weighted by molar-refractivity contribution is 0.0721. The summed E-state index contributed by atoms with van der Waals surface area (Å²) >= 11 is 0. The van der Waals surface area contributed by atoms with Gasteiger partial charge < -0.3 is 15.0 Å². The summed E-state index contributed by atoms with van der Waals surface area (Å²) in [5.74, 6) is 0.839. The number of carbonyl (C=O) groups is 1. The second kappa shape index (κ2) is 7.50. The molecule has 1 N–H and O–H groups in total. The van der Waals surface area contributed by atoms with Crippen LogP contribution in [0.1, 0.15) is 47.8 Å². The molecule has 26 heavy (non-hydrogen) atoms. The lowest BCUT2D eigenvalue weighted by atomic mass is 10.1. The Hall–Kier alpha value is -2.34. The van der Waals surface area contributed by atoms with E-state index in [1.165, 1.54) is 0 Å². The number of piperidine rings is 1. The molecule has 2 fully saturated rings. The number of hydrogen-bond acceptors (Lipinski definition) is 4. The molecule has 0 spiro atoms. The molecule has 0 bridgehead atoms. The minimum absolute atomic E-state index is 0.0147. The van der Waals surface area contributed by atoms with E-state index in [0.717, 1.165) is 50.1 Å². The van der Waals surface area contributed by atoms with Crippen LogP contribution in [0.25, 0.3) is 0 Å². The number of para-hydroxylation sites is 1. The van der Waals surface area contributed by atoms with Gasteiger partial charge in [-0.05, 0) is 44.4 Å². The van der Waals surface area contributed by atoms with Crippen molar-refractivity contribution >= 4 is 5.91 Å². The largest absolute Gasteiger partial charge is 0.496 e. The summed E-state index contributed by atoms with van der Waals surface area (Å²) in [6, 6.07) is 10.4. The number of amides is 1. The van der Waals surface area contributed by atoms with Crippen LogP contribution in [0.3, 0.4) is 0 Å². The predicted molar refractivity (Wildman–Crippen MR) is 99.3 cm³/mol. The lowest BCUT2D eigenvalue weighted by Gasteiger charge is -2.24. The summed E-state index contributed by atoms with van der Waals surface area (Å²) in [5.41, 5.74) is 1.57. The maximum atomic E-state index is 13.1. The molecule has 2 aromatic rings. The van der Waals surface area contributed by atoms with Gasteiger partial charge in [-0.2, -0.15) is 5.10 Å². The Morgan fingerprint density at radius 1 is 1.31 bits per heavy atom. The molecular weight excluding hydrogens is 328 g/mol. The van der Waals surface area contributed by atoms with Gasteiger partial charge in [0.15, 0.2) is 0 Å². The Labute approximate surface area is 154 Å². The van der Waals surface area contributed by atoms with E-state index in [0.29, 0.717) is 24.3 Å². The molecule has 2 heterocycles. The molecule has 2 aliphatic rings. The Bertz CT molecular complexity index is 763. The third kappa shape index (κ3) is 3.60. The standard InChI is InChI=1S/C20H26N4O2/c1-26-19-7-3-2-5-15(19)14-23(16-8-9-16)20(25)18-10-12-24(22-18)17-6-4-11-21-13-17/h2-3,5,7,10,12,16-17,21H,4,6,8-9,11,13-14H2,1H3. The van der Waals surface area contributed by atoms with Gasteiger partial charge in [0.05, 0.1) is 13.2 Å². The van der Waals surface area contributed by atoms with Crippen LogP contribution in [0.4, 0.5) is 0 Å². The van der Waals surface area contributed by atoms with Gasteiger partial charge in [0.25, 0.3) is 5.91 Å². The molecule has 1 aromatic heterocycles. The minimum atomic E-state index is 0.0147. The van der Waals surface area contributed by atoms with E-state index >= 15 is 0 Å². The topological polar surface area (TPSA) is 59.4 Å². The SMILES string of the molecule is COc1ccccc1CN(C(=O)c1ccn(C2CCCNC2)n1)C1CC1. The first-order valence-corrected chi connectivity index (χ1v) is 9.45. The van der Waals surface area contributed by atoms with E-state index in [4.69, 9.17) is 4.74 Å². The van der Waals surface area contributed by atoms with Crippen LogP contribution < -0.4 is 10.1 Å². The highest BCUT2D eigenvalue weighted by molar-refractivity contribution is 5.92. The third-order valence-corrected chi connectivity index (χ3v) is 5.25. The van der Waals surface area contributed by atoms with Crippen molar-refractivity contribution in [1.82, 2.24) is 20.0 Å². The van der Waals surface area contributed by atoms with Crippen LogP contribution in [-0.2, 0) is 6.54 Å². The number of benzene rings is 1. The highest BCUT2D eigenvalue weighted by Crippen LogP contribution is 2.31. The smallest absolute Gasteiger partial charge is 0.274 e. The maximum absolute atomic E-state index is 13.1. The molecule has 1 amide bonds. The van der Waals surface area contributed by atoms with Crippen molar-refractivity contribution in [2.24, 2.45) is 0 Å². The zero-order valence-corrected chi connectivity index (χ0v) is 15.2. The summed E-state index contributed by atoms with van der Waals surface area (Å²) in [7, 11) is 1.67. The summed E-state index contributed by atoms with van der Waals surface area (Å²) < 4.78 is 7.40. The van der Waals surface area contributed by atoms with Crippen LogP contribution in [0, 0.1) is 0 Å². The number of hydrogen-bond donors (Lipinski definition) is 1. The maximum Gasteiger partial charge on any atom is 0.274 e. The molecule has 0 radical (unpaired) electrons. The Morgan fingerprint density at radius 2 is 2.15 bits per heavy atom. The fourth-order valence-electron chi connectivity index (χ4n) is 3.63. The second-order valence-electron chi connectivity index (χ2n) is 7.16. The van der Waals surface area contributed by atoms with Gasteiger partial charge in [-0.3, -0.25) is 9.48 Å². The van der Waals surface area contributed by atoms with Crippen molar-refractivity contribution in [2.45, 2.75) is 44.3 Å². The van der Waals surface area contributed by atoms with E-state index in [-0.39, 0.29) is 5.91 Å². The van der Waals surface area contributed by atoms with E-state index in [1.54, 1.807) is 7.11 Å². The number of rotatable bonds is 6. The van der Waals surface area contributed by atoms with Crippen molar-refractivity contribution in [3.05, 3.63) is 47.8 Å². The lowest BCUT2D eigenvalue weighted by Crippen LogP contribution is -2.34. The Morgan fingerprint density at radius 3 is 2.88 bits per heavy atom. The molecule has 1 aliphatic heterocycles. The molecule has 6 heteroatoms. The highest BCUT2D eigenvalue weighted by atomic mass is 16.5. The monoisotopic (exact) mass is 354 g/mol. The number of aromatic nitrogens is 2. The summed E-state index contributed by atoms with van der Waals surface area (Å²) in [6.07, 6.45) is 6.33. The molecule has 1 saturated heterocycles. The van der Waals surface area contributed by atoms with E-state index in [1.807, 2.05) is 46.1 Å². The minimum Gasteiger partial charge on any atom is -0.496 e. The van der Waals surface area contributed by atoms with Crippen LogP contribution >= 0.6 is 0 Å².